The van der Waals surface area contributed by atoms with Crippen molar-refractivity contribution in [1.29, 1.82) is 0 Å². The quantitative estimate of drug-likeness (QED) is 0.744. The average Bonchev–Trinajstić information content (AvgIpc) is 2.29. The molecule has 0 aromatic rings. The lowest BCUT2D eigenvalue weighted by atomic mass is 9.96. The van der Waals surface area contributed by atoms with E-state index in [1.54, 1.807) is 11.9 Å². The molecule has 3 heteroatoms. The number of carbonyl (C=O) groups excluding carboxylic acids is 1. The maximum atomic E-state index is 12.0. The Balaban J connectivity index is 2.54. The van der Waals surface area contributed by atoms with E-state index in [-0.39, 0.29) is 12.5 Å². The van der Waals surface area contributed by atoms with Gasteiger partial charge in [-0.1, -0.05) is 11.6 Å². The molecule has 1 amide bonds. The third-order valence-electron chi connectivity index (χ3n) is 3.43. The molecular weight excluding hydrogens is 202 g/mol. The summed E-state index contributed by atoms with van der Waals surface area (Å²) in [7, 11) is 1.77. The first-order valence-corrected chi connectivity index (χ1v) is 6.03. The Morgan fingerprint density at radius 3 is 2.69 bits per heavy atom. The molecule has 0 atom stereocenters. The van der Waals surface area contributed by atoms with Crippen LogP contribution < -0.4 is 0 Å². The Bertz CT molecular complexity index is 282. The largest absolute Gasteiger partial charge is 0.394 e. The lowest BCUT2D eigenvalue weighted by Gasteiger charge is -2.34. The molecule has 0 spiro atoms. The zero-order chi connectivity index (χ0) is 12.2. The minimum atomic E-state index is -0.466. The van der Waals surface area contributed by atoms with Gasteiger partial charge in [0.15, 0.2) is 0 Å². The summed E-state index contributed by atoms with van der Waals surface area (Å²) in [6, 6.07) is 0. The normalized spacial score (nSPS) is 16.9. The van der Waals surface area contributed by atoms with E-state index in [2.05, 4.69) is 6.08 Å². The van der Waals surface area contributed by atoms with Crippen LogP contribution in [0, 0.1) is 0 Å². The van der Waals surface area contributed by atoms with E-state index < -0.39 is 5.54 Å². The second-order valence-electron chi connectivity index (χ2n) is 5.21. The van der Waals surface area contributed by atoms with E-state index in [0.29, 0.717) is 6.42 Å². The second kappa shape index (κ2) is 5.48. The topological polar surface area (TPSA) is 40.5 Å². The molecule has 1 rings (SSSR count). The van der Waals surface area contributed by atoms with Gasteiger partial charge in [0.1, 0.15) is 0 Å². The van der Waals surface area contributed by atoms with Crippen molar-refractivity contribution in [3.8, 4) is 0 Å². The Morgan fingerprint density at radius 2 is 2.19 bits per heavy atom. The fourth-order valence-corrected chi connectivity index (χ4v) is 1.82. The minimum Gasteiger partial charge on any atom is -0.394 e. The Kier molecular flexibility index (Phi) is 4.54. The van der Waals surface area contributed by atoms with Crippen LogP contribution >= 0.6 is 0 Å². The number of allylic oxidation sites excluding steroid dienone is 1. The number of hydrogen-bond acceptors (Lipinski definition) is 2. The second-order valence-corrected chi connectivity index (χ2v) is 5.21. The number of carbonyl (C=O) groups is 1. The summed E-state index contributed by atoms with van der Waals surface area (Å²) in [5.41, 5.74) is 0.795. The van der Waals surface area contributed by atoms with Gasteiger partial charge < -0.3 is 10.0 Å². The van der Waals surface area contributed by atoms with E-state index in [4.69, 9.17) is 0 Å². The first-order chi connectivity index (χ1) is 7.47. The van der Waals surface area contributed by atoms with Crippen molar-refractivity contribution in [2.24, 2.45) is 0 Å². The van der Waals surface area contributed by atoms with Crippen molar-refractivity contribution in [3.63, 3.8) is 0 Å². The average molecular weight is 225 g/mol. The highest BCUT2D eigenvalue weighted by Gasteiger charge is 2.26. The molecule has 16 heavy (non-hydrogen) atoms. The number of aliphatic hydroxyl groups excluding tert-OH is 1. The third-order valence-corrected chi connectivity index (χ3v) is 3.43. The maximum Gasteiger partial charge on any atom is 0.226 e. The van der Waals surface area contributed by atoms with Crippen LogP contribution in [0.2, 0.25) is 0 Å². The van der Waals surface area contributed by atoms with Crippen molar-refractivity contribution in [2.75, 3.05) is 13.7 Å². The van der Waals surface area contributed by atoms with Crippen LogP contribution in [-0.4, -0.2) is 35.1 Å². The van der Waals surface area contributed by atoms with E-state index in [0.717, 1.165) is 12.8 Å². The van der Waals surface area contributed by atoms with Crippen LogP contribution in [-0.2, 0) is 4.79 Å². The number of nitrogens with zero attached hydrogens (tertiary/aromatic N) is 1. The predicted octanol–water partition coefficient (Wildman–Crippen LogP) is 2.11. The molecule has 1 aliphatic carbocycles. The summed E-state index contributed by atoms with van der Waals surface area (Å²) >= 11 is 0. The summed E-state index contributed by atoms with van der Waals surface area (Å²) in [4.78, 5) is 13.6. The molecule has 1 N–H and O–H groups in total. The molecule has 92 valence electrons. The molecule has 0 unspecified atom stereocenters. The third kappa shape index (κ3) is 3.34. The molecule has 1 aliphatic rings. The van der Waals surface area contributed by atoms with Crippen molar-refractivity contribution < 1.29 is 9.90 Å². The molecule has 0 aromatic heterocycles. The van der Waals surface area contributed by atoms with Crippen LogP contribution in [0.1, 0.15) is 46.0 Å². The molecule has 0 bridgehead atoms. The van der Waals surface area contributed by atoms with Crippen LogP contribution in [0.5, 0.6) is 0 Å². The molecule has 0 aliphatic heterocycles. The summed E-state index contributed by atoms with van der Waals surface area (Å²) in [6.45, 7) is 3.74. The van der Waals surface area contributed by atoms with Crippen LogP contribution in [0.4, 0.5) is 0 Å². The van der Waals surface area contributed by atoms with Crippen LogP contribution in [0.25, 0.3) is 0 Å². The fraction of sp³-hybridized carbons (Fsp3) is 0.769. The van der Waals surface area contributed by atoms with Gasteiger partial charge in [0.25, 0.3) is 0 Å². The lowest BCUT2D eigenvalue weighted by molar-refractivity contribution is -0.135. The molecule has 0 radical (unpaired) electrons. The van der Waals surface area contributed by atoms with Crippen molar-refractivity contribution in [3.05, 3.63) is 11.6 Å². The van der Waals surface area contributed by atoms with E-state index in [9.17, 15) is 9.90 Å². The van der Waals surface area contributed by atoms with Gasteiger partial charge in [0.05, 0.1) is 12.1 Å². The van der Waals surface area contributed by atoms with E-state index >= 15 is 0 Å². The molecular formula is C13H23NO2. The Morgan fingerprint density at radius 1 is 1.50 bits per heavy atom. The van der Waals surface area contributed by atoms with Gasteiger partial charge in [-0.15, -0.1) is 0 Å². The number of amides is 1. The Hall–Kier alpha value is -0.830. The molecule has 3 nitrogen and oxygen atoms in total. The van der Waals surface area contributed by atoms with Crippen molar-refractivity contribution >= 4 is 5.91 Å². The van der Waals surface area contributed by atoms with Gasteiger partial charge in [0, 0.05) is 13.5 Å². The first-order valence-electron chi connectivity index (χ1n) is 6.03. The fourth-order valence-electron chi connectivity index (χ4n) is 1.82. The van der Waals surface area contributed by atoms with Gasteiger partial charge in [-0.05, 0) is 39.5 Å². The highest BCUT2D eigenvalue weighted by atomic mass is 16.3. The van der Waals surface area contributed by atoms with Gasteiger partial charge in [-0.25, -0.2) is 0 Å². The zero-order valence-electron chi connectivity index (χ0n) is 10.6. The predicted molar refractivity (Wildman–Crippen MR) is 65.1 cm³/mol. The minimum absolute atomic E-state index is 0.00567. The first kappa shape index (κ1) is 13.2. The van der Waals surface area contributed by atoms with Crippen LogP contribution in [0.15, 0.2) is 11.6 Å². The smallest absolute Gasteiger partial charge is 0.226 e. The summed E-state index contributed by atoms with van der Waals surface area (Å²) < 4.78 is 0. The summed E-state index contributed by atoms with van der Waals surface area (Å²) in [5, 5.41) is 9.21. The summed E-state index contributed by atoms with van der Waals surface area (Å²) in [6.07, 6.45) is 7.32. The van der Waals surface area contributed by atoms with Gasteiger partial charge in [0.2, 0.25) is 5.91 Å². The molecule has 0 saturated heterocycles. The number of aliphatic hydroxyl groups is 1. The molecule has 0 heterocycles. The van der Waals surface area contributed by atoms with E-state index in [1.807, 2.05) is 13.8 Å². The number of hydrogen-bond donors (Lipinski definition) is 1. The highest BCUT2D eigenvalue weighted by Crippen LogP contribution is 2.22. The Labute approximate surface area is 98.1 Å². The molecule has 0 fully saturated rings. The van der Waals surface area contributed by atoms with Gasteiger partial charge in [-0.3, -0.25) is 4.79 Å². The molecule has 0 aromatic carbocycles. The monoisotopic (exact) mass is 225 g/mol. The van der Waals surface area contributed by atoms with Crippen molar-refractivity contribution in [1.82, 2.24) is 4.90 Å². The van der Waals surface area contributed by atoms with Crippen molar-refractivity contribution in [2.45, 2.75) is 51.5 Å². The highest BCUT2D eigenvalue weighted by molar-refractivity contribution is 5.79. The van der Waals surface area contributed by atoms with Crippen LogP contribution in [0.3, 0.4) is 0 Å². The lowest BCUT2D eigenvalue weighted by Crippen LogP contribution is -2.47. The molecule has 0 saturated carbocycles. The number of rotatable bonds is 4. The number of likely N-dealkylation sites (N-methyl/N-ethyl adjacent to an activating group) is 1. The van der Waals surface area contributed by atoms with Gasteiger partial charge >= 0.3 is 0 Å². The summed E-state index contributed by atoms with van der Waals surface area (Å²) in [5.74, 6) is 0.104. The zero-order valence-corrected chi connectivity index (χ0v) is 10.6. The van der Waals surface area contributed by atoms with Gasteiger partial charge in [-0.2, -0.15) is 0 Å². The SMILES string of the molecule is CN(C(=O)CC1=CCCCC1)C(C)(C)CO. The standard InChI is InChI=1S/C13H23NO2/c1-13(2,10-15)14(3)12(16)9-11-7-5-4-6-8-11/h7,15H,4-6,8-10H2,1-3H3. The van der Waals surface area contributed by atoms with E-state index in [1.165, 1.54) is 18.4 Å². The maximum absolute atomic E-state index is 12.0.